The van der Waals surface area contributed by atoms with Crippen LogP contribution in [0.1, 0.15) is 116 Å². The van der Waals surface area contributed by atoms with Crippen LogP contribution < -0.4 is 0 Å². The number of aldehydes is 1. The summed E-state index contributed by atoms with van der Waals surface area (Å²) in [5, 5.41) is 0.840. The number of hydrogen-bond donors (Lipinski definition) is 0. The van der Waals surface area contributed by atoms with Crippen LogP contribution in [0, 0.1) is 155 Å². The first-order chi connectivity index (χ1) is 46.5. The molecule has 0 spiro atoms. The molecule has 0 radical (unpaired) electrons. The van der Waals surface area contributed by atoms with E-state index < -0.39 is 11.6 Å². The maximum Gasteiger partial charge on any atom is 0.150 e. The number of aryl methyl sites for hydroxylation is 19. The number of rotatable bonds is 1. The quantitative estimate of drug-likeness (QED) is 0.118. The molecule has 514 valence electrons. The zero-order valence-corrected chi connectivity index (χ0v) is 62.3. The molecule has 98 heavy (non-hydrogen) atoms. The topological polar surface area (TPSA) is 17.1 Å². The lowest BCUT2D eigenvalue weighted by Crippen LogP contribution is -1.82. The Morgan fingerprint density at radius 3 is 0.592 bits per heavy atom. The molecule has 0 unspecified atom stereocenters. The van der Waals surface area contributed by atoms with Crippen LogP contribution in [0.4, 0.5) is 17.6 Å². The Labute approximate surface area is 593 Å². The van der Waals surface area contributed by atoms with E-state index in [0.717, 1.165) is 34.1 Å². The molecule has 12 aromatic carbocycles. The lowest BCUT2D eigenvalue weighted by atomic mass is 10.1. The average molecular weight is 1340 g/mol. The summed E-state index contributed by atoms with van der Waals surface area (Å²) in [6.07, 6.45) is 0.870. The van der Waals surface area contributed by atoms with Crippen molar-refractivity contribution < 1.29 is 22.4 Å². The van der Waals surface area contributed by atoms with Crippen LogP contribution in [0.3, 0.4) is 0 Å². The molecule has 0 fully saturated rings. The van der Waals surface area contributed by atoms with Crippen LogP contribution >= 0.6 is 11.6 Å². The summed E-state index contributed by atoms with van der Waals surface area (Å²) >= 11 is 5.71. The van der Waals surface area contributed by atoms with Crippen molar-refractivity contribution in [2.45, 2.75) is 132 Å². The average Bonchev–Trinajstić information content (AvgIpc) is 1.55. The molecule has 0 saturated carbocycles. The lowest BCUT2D eigenvalue weighted by molar-refractivity contribution is 0.112. The second kappa shape index (κ2) is 50.7. The molecular formula is C92H105ClF4O. The predicted octanol–water partition coefficient (Wildman–Crippen LogP) is 27.1. The van der Waals surface area contributed by atoms with Gasteiger partial charge in [-0.3, -0.25) is 4.79 Å². The summed E-state index contributed by atoms with van der Waals surface area (Å²) < 4.78 is 49.0. The molecule has 0 bridgehead atoms. The molecule has 0 aliphatic carbocycles. The van der Waals surface area contributed by atoms with E-state index in [-0.39, 0.29) is 11.6 Å². The minimum Gasteiger partial charge on any atom is -0.298 e. The van der Waals surface area contributed by atoms with Gasteiger partial charge in [-0.15, -0.1) is 0 Å². The van der Waals surface area contributed by atoms with Crippen LogP contribution in [0.15, 0.2) is 285 Å². The van der Waals surface area contributed by atoms with Crippen molar-refractivity contribution in [2.24, 2.45) is 0 Å². The fourth-order valence-electron chi connectivity index (χ4n) is 7.86. The molecule has 0 N–H and O–H groups in total. The molecule has 0 amide bonds. The third-order valence-electron chi connectivity index (χ3n) is 14.0. The largest absolute Gasteiger partial charge is 0.298 e. The first kappa shape index (κ1) is 86.3. The summed E-state index contributed by atoms with van der Waals surface area (Å²) in [7, 11) is 0. The highest BCUT2D eigenvalue weighted by Gasteiger charge is 1.95. The molecule has 0 aliphatic heterocycles. The van der Waals surface area contributed by atoms with E-state index in [0.29, 0.717) is 16.7 Å². The van der Waals surface area contributed by atoms with Gasteiger partial charge in [-0.2, -0.15) is 0 Å². The second-order valence-corrected chi connectivity index (χ2v) is 24.7. The van der Waals surface area contributed by atoms with Gasteiger partial charge < -0.3 is 0 Å². The van der Waals surface area contributed by atoms with Gasteiger partial charge in [0.25, 0.3) is 0 Å². The highest BCUT2D eigenvalue weighted by molar-refractivity contribution is 6.31. The van der Waals surface area contributed by atoms with Crippen molar-refractivity contribution in [1.82, 2.24) is 0 Å². The first-order valence-electron chi connectivity index (χ1n) is 32.8. The Hall–Kier alpha value is -9.68. The van der Waals surface area contributed by atoms with Crippen LogP contribution in [-0.4, -0.2) is 6.29 Å². The van der Waals surface area contributed by atoms with E-state index in [1.807, 2.05) is 74.5 Å². The van der Waals surface area contributed by atoms with Gasteiger partial charge in [0.15, 0.2) is 0 Å². The Kier molecular flexibility index (Phi) is 44.6. The minimum atomic E-state index is -0.521. The summed E-state index contributed by atoms with van der Waals surface area (Å²) in [5.41, 5.74) is 23.6. The molecule has 6 heteroatoms. The third kappa shape index (κ3) is 44.9. The van der Waals surface area contributed by atoms with E-state index in [1.165, 1.54) is 102 Å². The SMILES string of the molecule is Cc1cc(F)cc(F)c1.Cc1ccc(C)cc1.Cc1ccc(C)cc1.Cc1ccc(C)cc1.Cc1ccc(C)cc1.Cc1ccc(C)cc1.Cc1cccc(C)c1.Cc1cccc(C)c1.Cc1ccccc1C=O.Cc1ccccc1Cl.Cc1ccccc1F.Cc1ccccc1F. The molecule has 12 aromatic rings. The fourth-order valence-corrected chi connectivity index (χ4v) is 8.00. The molecule has 0 atom stereocenters. The third-order valence-corrected chi connectivity index (χ3v) is 14.4. The Morgan fingerprint density at radius 2 is 0.439 bits per heavy atom. The van der Waals surface area contributed by atoms with Gasteiger partial charge >= 0.3 is 0 Å². The van der Waals surface area contributed by atoms with Gasteiger partial charge in [-0.25, -0.2) is 17.6 Å². The van der Waals surface area contributed by atoms with E-state index in [4.69, 9.17) is 11.6 Å². The zero-order chi connectivity index (χ0) is 73.4. The van der Waals surface area contributed by atoms with Crippen molar-refractivity contribution in [2.75, 3.05) is 0 Å². The van der Waals surface area contributed by atoms with Crippen molar-refractivity contribution in [3.63, 3.8) is 0 Å². The molecule has 0 saturated heterocycles. The van der Waals surface area contributed by atoms with Crippen molar-refractivity contribution >= 4 is 17.9 Å². The van der Waals surface area contributed by atoms with E-state index in [1.54, 1.807) is 45.0 Å². The molecule has 12 rings (SSSR count). The summed E-state index contributed by atoms with van der Waals surface area (Å²) in [6, 6.07) is 91.4. The van der Waals surface area contributed by atoms with Gasteiger partial charge in [-0.05, 0) is 190 Å². The summed E-state index contributed by atoms with van der Waals surface area (Å²) in [4.78, 5) is 10.2. The van der Waals surface area contributed by atoms with Crippen molar-refractivity contribution in [3.8, 4) is 0 Å². The molecular weight excluding hydrogens is 1230 g/mol. The highest BCUT2D eigenvalue weighted by Crippen LogP contribution is 2.13. The molecule has 0 aromatic heterocycles. The van der Waals surface area contributed by atoms with Crippen LogP contribution in [-0.2, 0) is 0 Å². The fraction of sp³-hybridized carbons (Fsp3) is 0.207. The predicted molar refractivity (Wildman–Crippen MR) is 418 cm³/mol. The van der Waals surface area contributed by atoms with Gasteiger partial charge in [-0.1, -0.05) is 338 Å². The van der Waals surface area contributed by atoms with Gasteiger partial charge in [0, 0.05) is 16.7 Å². The van der Waals surface area contributed by atoms with E-state index >= 15 is 0 Å². The smallest absolute Gasteiger partial charge is 0.150 e. The number of hydrogen-bond acceptors (Lipinski definition) is 1. The lowest BCUT2D eigenvalue weighted by Gasteiger charge is -1.92. The van der Waals surface area contributed by atoms with E-state index in [9.17, 15) is 22.4 Å². The number of benzene rings is 12. The Morgan fingerprint density at radius 1 is 0.214 bits per heavy atom. The highest BCUT2D eigenvalue weighted by atomic mass is 35.5. The van der Waals surface area contributed by atoms with Gasteiger partial charge in [0.1, 0.15) is 29.6 Å². The number of carbonyl (C=O) groups is 1. The van der Waals surface area contributed by atoms with Crippen LogP contribution in [0.5, 0.6) is 0 Å². The van der Waals surface area contributed by atoms with Crippen molar-refractivity contribution in [1.29, 1.82) is 0 Å². The van der Waals surface area contributed by atoms with Gasteiger partial charge in [0.05, 0.1) is 0 Å². The first-order valence-corrected chi connectivity index (χ1v) is 33.1. The molecule has 0 aliphatic rings. The molecule has 0 heterocycles. The maximum absolute atomic E-state index is 12.3. The minimum absolute atomic E-state index is 0.132. The van der Waals surface area contributed by atoms with E-state index in [2.05, 4.69) is 267 Å². The molecule has 1 nitrogen and oxygen atoms in total. The number of carbonyl (C=O) groups excluding carboxylic acids is 1. The Bertz CT molecular complexity index is 3410. The van der Waals surface area contributed by atoms with Gasteiger partial charge in [0.2, 0.25) is 0 Å². The summed E-state index contributed by atoms with van der Waals surface area (Å²) in [6.45, 7) is 38.4. The monoisotopic (exact) mass is 1340 g/mol. The number of halogens is 5. The summed E-state index contributed by atoms with van der Waals surface area (Å²) in [5.74, 6) is -1.31. The van der Waals surface area contributed by atoms with Crippen LogP contribution in [0.25, 0.3) is 0 Å². The Balaban J connectivity index is 0.000000535. The normalized spacial score (nSPS) is 9.27. The van der Waals surface area contributed by atoms with Crippen LogP contribution in [0.2, 0.25) is 5.02 Å². The standard InChI is InChI=1S/C8H8O.7C8H10.C7H7Cl.C7H6F2.2C7H7F/c1-7-4-2-3-5-8(7)6-9;5*1-7-3-5-8(2)6-4-7;2*1-7-4-3-5-8(2)6-7;1-6-4-2-3-5-7(6)8;1-5-2-6(8)4-7(9)3-5;2*1-6-4-2-3-5-7(6)8/h2-6H,1H3;7*3-6H,1-2H3;2-5H,1H3;2-4H,1H3;2*2-5H,1H3. The zero-order valence-electron chi connectivity index (χ0n) is 61.5. The maximum atomic E-state index is 12.3. The second-order valence-electron chi connectivity index (χ2n) is 24.3. The van der Waals surface area contributed by atoms with Crippen molar-refractivity contribution in [3.05, 3.63) is 425 Å².